The number of nitrogens with one attached hydrogen (secondary N) is 1. The Labute approximate surface area is 152 Å². The number of aromatic nitrogens is 2. The average Bonchev–Trinajstić information content (AvgIpc) is 3.16. The van der Waals surface area contributed by atoms with Crippen LogP contribution in [0.1, 0.15) is 25.7 Å². The molecular weight excluding hydrogens is 364 g/mol. The number of amides is 1. The maximum atomic E-state index is 12.3. The quantitative estimate of drug-likeness (QED) is 0.837. The van der Waals surface area contributed by atoms with E-state index in [1.165, 1.54) is 16.9 Å². The zero-order valence-corrected chi connectivity index (χ0v) is 15.4. The fourth-order valence-corrected chi connectivity index (χ4v) is 3.83. The van der Waals surface area contributed by atoms with Crippen molar-refractivity contribution in [1.82, 2.24) is 9.78 Å². The molecule has 25 heavy (non-hydrogen) atoms. The van der Waals surface area contributed by atoms with Gasteiger partial charge in [0.2, 0.25) is 5.91 Å². The van der Waals surface area contributed by atoms with Crippen LogP contribution in [0.5, 0.6) is 0 Å². The van der Waals surface area contributed by atoms with Gasteiger partial charge in [-0.25, -0.2) is 13.1 Å². The van der Waals surface area contributed by atoms with E-state index in [0.29, 0.717) is 24.2 Å². The molecule has 1 aliphatic rings. The summed E-state index contributed by atoms with van der Waals surface area (Å²) in [4.78, 5) is 12.5. The molecule has 1 aromatic heterocycles. The molecule has 2 aromatic rings. The topological polar surface area (TPSA) is 107 Å². The second-order valence-electron chi connectivity index (χ2n) is 6.23. The fraction of sp³-hybridized carbons (Fsp3) is 0.375. The van der Waals surface area contributed by atoms with E-state index < -0.39 is 15.4 Å². The van der Waals surface area contributed by atoms with Crippen molar-refractivity contribution in [2.24, 2.45) is 5.73 Å². The van der Waals surface area contributed by atoms with Gasteiger partial charge < -0.3 is 11.1 Å². The van der Waals surface area contributed by atoms with Gasteiger partial charge in [0.15, 0.2) is 9.84 Å². The first-order valence-electron chi connectivity index (χ1n) is 7.74. The molecule has 0 bridgehead atoms. The summed E-state index contributed by atoms with van der Waals surface area (Å²) in [5.74, 6) is -0.226. The van der Waals surface area contributed by atoms with Gasteiger partial charge in [-0.05, 0) is 25.0 Å². The van der Waals surface area contributed by atoms with Crippen molar-refractivity contribution >= 4 is 33.8 Å². The van der Waals surface area contributed by atoms with Gasteiger partial charge in [-0.15, -0.1) is 12.4 Å². The second kappa shape index (κ2) is 7.15. The smallest absolute Gasteiger partial charge is 0.244 e. The Morgan fingerprint density at radius 3 is 2.56 bits per heavy atom. The molecule has 136 valence electrons. The molecule has 1 saturated carbocycles. The van der Waals surface area contributed by atoms with Crippen molar-refractivity contribution in [3.8, 4) is 5.69 Å². The summed E-state index contributed by atoms with van der Waals surface area (Å²) >= 11 is 0. The molecule has 1 aromatic carbocycles. The molecule has 0 radical (unpaired) electrons. The third-order valence-corrected chi connectivity index (χ3v) is 5.44. The Morgan fingerprint density at radius 1 is 1.28 bits per heavy atom. The highest BCUT2D eigenvalue weighted by atomic mass is 35.5. The third kappa shape index (κ3) is 4.02. The Kier molecular flexibility index (Phi) is 5.55. The number of carbonyl (C=O) groups is 1. The molecule has 9 heteroatoms. The fourth-order valence-electron chi connectivity index (χ4n) is 2.97. The summed E-state index contributed by atoms with van der Waals surface area (Å²) in [6.45, 7) is 0. The Morgan fingerprint density at radius 2 is 1.92 bits per heavy atom. The minimum Gasteiger partial charge on any atom is -0.322 e. The molecular formula is C16H21ClN4O3S. The summed E-state index contributed by atoms with van der Waals surface area (Å²) in [6.07, 6.45) is 7.45. The lowest BCUT2D eigenvalue weighted by Crippen LogP contribution is -2.48. The number of rotatable bonds is 4. The molecule has 1 heterocycles. The first-order chi connectivity index (χ1) is 11.3. The number of carbonyl (C=O) groups excluding carboxylic acids is 1. The third-order valence-electron chi connectivity index (χ3n) is 4.30. The Bertz CT molecular complexity index is 873. The summed E-state index contributed by atoms with van der Waals surface area (Å²) < 4.78 is 25.2. The van der Waals surface area contributed by atoms with Crippen molar-refractivity contribution in [1.29, 1.82) is 0 Å². The highest BCUT2D eigenvalue weighted by molar-refractivity contribution is 7.90. The monoisotopic (exact) mass is 384 g/mol. The second-order valence-corrected chi connectivity index (χ2v) is 8.21. The van der Waals surface area contributed by atoms with E-state index in [-0.39, 0.29) is 23.2 Å². The van der Waals surface area contributed by atoms with Gasteiger partial charge in [0.1, 0.15) is 0 Å². The first-order valence-corrected chi connectivity index (χ1v) is 9.63. The highest BCUT2D eigenvalue weighted by Gasteiger charge is 2.37. The van der Waals surface area contributed by atoms with Crippen LogP contribution in [0.25, 0.3) is 5.69 Å². The van der Waals surface area contributed by atoms with E-state index in [9.17, 15) is 13.2 Å². The van der Waals surface area contributed by atoms with Gasteiger partial charge in [-0.2, -0.15) is 5.10 Å². The molecule has 3 rings (SSSR count). The number of hydrogen-bond acceptors (Lipinski definition) is 5. The van der Waals surface area contributed by atoms with Crippen molar-refractivity contribution in [3.63, 3.8) is 0 Å². The lowest BCUT2D eigenvalue weighted by atomic mass is 9.98. The molecule has 0 unspecified atom stereocenters. The number of sulfone groups is 1. The minimum absolute atomic E-state index is 0. The molecule has 0 spiro atoms. The summed E-state index contributed by atoms with van der Waals surface area (Å²) in [6, 6.07) is 6.58. The van der Waals surface area contributed by atoms with Crippen molar-refractivity contribution in [2.75, 3.05) is 11.6 Å². The molecule has 1 fully saturated rings. The average molecular weight is 385 g/mol. The molecule has 1 amide bonds. The summed E-state index contributed by atoms with van der Waals surface area (Å²) in [7, 11) is -3.39. The van der Waals surface area contributed by atoms with Crippen molar-refractivity contribution < 1.29 is 13.2 Å². The normalized spacial score (nSPS) is 16.2. The van der Waals surface area contributed by atoms with E-state index in [1.807, 2.05) is 0 Å². The van der Waals surface area contributed by atoms with E-state index in [0.717, 1.165) is 19.1 Å². The zero-order valence-electron chi connectivity index (χ0n) is 13.8. The van der Waals surface area contributed by atoms with Crippen LogP contribution in [0.4, 0.5) is 5.69 Å². The minimum atomic E-state index is -3.39. The van der Waals surface area contributed by atoms with E-state index >= 15 is 0 Å². The Balaban J connectivity index is 0.00000225. The van der Waals surface area contributed by atoms with Crippen molar-refractivity contribution in [3.05, 3.63) is 36.7 Å². The number of anilines is 1. The number of benzene rings is 1. The lowest BCUT2D eigenvalue weighted by molar-refractivity contribution is -0.121. The maximum absolute atomic E-state index is 12.3. The summed E-state index contributed by atoms with van der Waals surface area (Å²) in [5.41, 5.74) is 6.22. The van der Waals surface area contributed by atoms with Crippen LogP contribution >= 0.6 is 12.4 Å². The van der Waals surface area contributed by atoms with E-state index in [2.05, 4.69) is 10.4 Å². The van der Waals surface area contributed by atoms with Crippen LogP contribution in [0.3, 0.4) is 0 Å². The Hall–Kier alpha value is -1.90. The van der Waals surface area contributed by atoms with Crippen LogP contribution in [-0.2, 0) is 14.6 Å². The largest absolute Gasteiger partial charge is 0.322 e. The first kappa shape index (κ1) is 19.4. The van der Waals surface area contributed by atoms with Crippen LogP contribution in [0.2, 0.25) is 0 Å². The number of halogens is 1. The van der Waals surface area contributed by atoms with Gasteiger partial charge >= 0.3 is 0 Å². The predicted octanol–water partition coefficient (Wildman–Crippen LogP) is 1.91. The molecule has 0 atom stereocenters. The van der Waals surface area contributed by atoms with Gasteiger partial charge in [-0.1, -0.05) is 25.0 Å². The zero-order chi connectivity index (χ0) is 17.4. The van der Waals surface area contributed by atoms with Crippen LogP contribution < -0.4 is 11.1 Å². The van der Waals surface area contributed by atoms with Gasteiger partial charge in [0, 0.05) is 6.26 Å². The highest BCUT2D eigenvalue weighted by Crippen LogP contribution is 2.28. The van der Waals surface area contributed by atoms with E-state index in [1.54, 1.807) is 24.4 Å². The number of hydrogen-bond donors (Lipinski definition) is 2. The van der Waals surface area contributed by atoms with Gasteiger partial charge in [-0.3, -0.25) is 4.79 Å². The maximum Gasteiger partial charge on any atom is 0.244 e. The van der Waals surface area contributed by atoms with Gasteiger partial charge in [0.25, 0.3) is 0 Å². The molecule has 3 N–H and O–H groups in total. The van der Waals surface area contributed by atoms with Crippen LogP contribution in [0.15, 0.2) is 41.6 Å². The number of para-hydroxylation sites is 1. The van der Waals surface area contributed by atoms with E-state index in [4.69, 9.17) is 5.73 Å². The molecule has 0 saturated heterocycles. The van der Waals surface area contributed by atoms with Crippen LogP contribution in [0, 0.1) is 0 Å². The predicted molar refractivity (Wildman–Crippen MR) is 97.9 cm³/mol. The summed E-state index contributed by atoms with van der Waals surface area (Å²) in [5, 5.41) is 6.94. The van der Waals surface area contributed by atoms with Crippen molar-refractivity contribution in [2.45, 2.75) is 36.1 Å². The number of nitrogens with zero attached hydrogens (tertiary/aromatic N) is 2. The standard InChI is InChI=1S/C16H20N4O3S.ClH/c1-24(22,23)14-7-3-2-6-13(14)20-11-12(10-18-20)19-15(21)16(17)8-4-5-9-16;/h2-3,6-7,10-11H,4-5,8-9,17H2,1H3,(H,19,21);1H. The van der Waals surface area contributed by atoms with Gasteiger partial charge in [0.05, 0.1) is 34.2 Å². The molecule has 0 aliphatic heterocycles. The number of nitrogens with two attached hydrogens (primary N) is 1. The molecule has 1 aliphatic carbocycles. The SMILES string of the molecule is CS(=O)(=O)c1ccccc1-n1cc(NC(=O)C2(N)CCCC2)cn1.Cl. The molecule has 7 nitrogen and oxygen atoms in total. The van der Waals surface area contributed by atoms with Crippen LogP contribution in [-0.4, -0.2) is 35.9 Å². The lowest BCUT2D eigenvalue weighted by Gasteiger charge is -2.21.